The Kier molecular flexibility index (Phi) is 5.45. The molecule has 21 heavy (non-hydrogen) atoms. The van der Waals surface area contributed by atoms with Gasteiger partial charge in [-0.3, -0.25) is 0 Å². The van der Waals surface area contributed by atoms with E-state index in [2.05, 4.69) is 10.1 Å². The average molecular weight is 330 g/mol. The minimum Gasteiger partial charge on any atom is -0.482 e. The minimum atomic E-state index is 0.151. The molecule has 1 aromatic heterocycles. The number of rotatable bonds is 6. The third-order valence-electron chi connectivity index (χ3n) is 2.84. The van der Waals surface area contributed by atoms with Crippen molar-refractivity contribution in [2.24, 2.45) is 5.73 Å². The molecule has 0 amide bonds. The third kappa shape index (κ3) is 4.09. The van der Waals surface area contributed by atoms with E-state index in [0.29, 0.717) is 40.5 Å². The van der Waals surface area contributed by atoms with E-state index in [1.165, 1.54) is 0 Å². The first-order valence-electron chi connectivity index (χ1n) is 6.64. The number of nitrogens with zero attached hydrogens (tertiary/aromatic N) is 2. The van der Waals surface area contributed by atoms with Gasteiger partial charge in [0.2, 0.25) is 0 Å². The predicted octanol–water partition coefficient (Wildman–Crippen LogP) is 3.58. The van der Waals surface area contributed by atoms with E-state index in [4.69, 9.17) is 38.2 Å². The lowest BCUT2D eigenvalue weighted by Crippen LogP contribution is -2.06. The molecule has 2 rings (SSSR count). The predicted molar refractivity (Wildman–Crippen MR) is 81.9 cm³/mol. The molecule has 0 aliphatic carbocycles. The molecule has 0 saturated carbocycles. The Morgan fingerprint density at radius 1 is 1.33 bits per heavy atom. The first kappa shape index (κ1) is 16.1. The van der Waals surface area contributed by atoms with Crippen LogP contribution in [0.1, 0.15) is 37.0 Å². The molecule has 2 N–H and O–H groups in total. The monoisotopic (exact) mass is 329 g/mol. The zero-order valence-electron chi connectivity index (χ0n) is 11.9. The fourth-order valence-electron chi connectivity index (χ4n) is 1.81. The second-order valence-corrected chi connectivity index (χ2v) is 5.75. The summed E-state index contributed by atoms with van der Waals surface area (Å²) in [5.74, 6) is 1.81. The van der Waals surface area contributed by atoms with E-state index in [1.807, 2.05) is 13.8 Å². The quantitative estimate of drug-likeness (QED) is 0.876. The number of halogens is 2. The number of hydrogen-bond donors (Lipinski definition) is 1. The SMILES string of the molecule is CC(C)c1noc(COc2c(Cl)cc(Cl)cc2CCN)n1. The number of ether oxygens (including phenoxy) is 1. The summed E-state index contributed by atoms with van der Waals surface area (Å²) in [7, 11) is 0. The van der Waals surface area contributed by atoms with Gasteiger partial charge in [0, 0.05) is 10.9 Å². The smallest absolute Gasteiger partial charge is 0.264 e. The van der Waals surface area contributed by atoms with Crippen LogP contribution >= 0.6 is 23.2 Å². The minimum absolute atomic E-state index is 0.151. The van der Waals surface area contributed by atoms with Gasteiger partial charge < -0.3 is 15.0 Å². The lowest BCUT2D eigenvalue weighted by molar-refractivity contribution is 0.240. The standard InChI is InChI=1S/C14H17Cl2N3O2/c1-8(2)14-18-12(21-19-14)7-20-13-9(3-4-17)5-10(15)6-11(13)16/h5-6,8H,3-4,7,17H2,1-2H3. The summed E-state index contributed by atoms with van der Waals surface area (Å²) < 4.78 is 10.8. The van der Waals surface area contributed by atoms with Gasteiger partial charge in [-0.15, -0.1) is 0 Å². The molecule has 114 valence electrons. The highest BCUT2D eigenvalue weighted by atomic mass is 35.5. The van der Waals surface area contributed by atoms with Gasteiger partial charge in [0.05, 0.1) is 5.02 Å². The normalized spacial score (nSPS) is 11.1. The van der Waals surface area contributed by atoms with Gasteiger partial charge in [-0.2, -0.15) is 4.98 Å². The van der Waals surface area contributed by atoms with E-state index in [1.54, 1.807) is 12.1 Å². The lowest BCUT2D eigenvalue weighted by atomic mass is 10.1. The second kappa shape index (κ2) is 7.11. The van der Waals surface area contributed by atoms with Crippen LogP contribution in [0.15, 0.2) is 16.7 Å². The average Bonchev–Trinajstić information content (AvgIpc) is 2.87. The number of nitrogens with two attached hydrogens (primary N) is 1. The molecule has 0 spiro atoms. The van der Waals surface area contributed by atoms with E-state index in [0.717, 1.165) is 5.56 Å². The third-order valence-corrected chi connectivity index (χ3v) is 3.34. The number of aromatic nitrogens is 2. The molecule has 0 bridgehead atoms. The van der Waals surface area contributed by atoms with Crippen molar-refractivity contribution in [3.05, 3.63) is 39.5 Å². The van der Waals surface area contributed by atoms with E-state index in [9.17, 15) is 0 Å². The highest BCUT2D eigenvalue weighted by Crippen LogP contribution is 2.33. The van der Waals surface area contributed by atoms with Crippen molar-refractivity contribution in [2.75, 3.05) is 6.54 Å². The van der Waals surface area contributed by atoms with Crippen molar-refractivity contribution in [3.8, 4) is 5.75 Å². The first-order chi connectivity index (χ1) is 10.0. The fraction of sp³-hybridized carbons (Fsp3) is 0.429. The Morgan fingerprint density at radius 3 is 2.71 bits per heavy atom. The lowest BCUT2D eigenvalue weighted by Gasteiger charge is -2.12. The van der Waals surface area contributed by atoms with Gasteiger partial charge in [-0.25, -0.2) is 0 Å². The topological polar surface area (TPSA) is 74.2 Å². The molecule has 0 aliphatic heterocycles. The maximum atomic E-state index is 6.18. The molecule has 2 aromatic rings. The van der Waals surface area contributed by atoms with Crippen molar-refractivity contribution < 1.29 is 9.26 Å². The van der Waals surface area contributed by atoms with Crippen LogP contribution in [0.25, 0.3) is 0 Å². The van der Waals surface area contributed by atoms with Crippen LogP contribution in [-0.2, 0) is 13.0 Å². The largest absolute Gasteiger partial charge is 0.482 e. The van der Waals surface area contributed by atoms with Gasteiger partial charge in [-0.1, -0.05) is 42.2 Å². The second-order valence-electron chi connectivity index (χ2n) is 4.90. The molecule has 0 unspecified atom stereocenters. The number of benzene rings is 1. The number of hydrogen-bond acceptors (Lipinski definition) is 5. The zero-order valence-corrected chi connectivity index (χ0v) is 13.4. The molecule has 1 heterocycles. The molecule has 5 nitrogen and oxygen atoms in total. The Balaban J connectivity index is 2.14. The van der Waals surface area contributed by atoms with Crippen molar-refractivity contribution in [3.63, 3.8) is 0 Å². The molecular weight excluding hydrogens is 313 g/mol. The summed E-state index contributed by atoms with van der Waals surface area (Å²) >= 11 is 12.2. The van der Waals surface area contributed by atoms with E-state index < -0.39 is 0 Å². The van der Waals surface area contributed by atoms with Crippen LogP contribution < -0.4 is 10.5 Å². The molecule has 0 radical (unpaired) electrons. The van der Waals surface area contributed by atoms with Gasteiger partial charge in [-0.05, 0) is 30.7 Å². The maximum absolute atomic E-state index is 6.18. The summed E-state index contributed by atoms with van der Waals surface area (Å²) in [5.41, 5.74) is 6.45. The van der Waals surface area contributed by atoms with Crippen LogP contribution in [0.5, 0.6) is 5.75 Å². The van der Waals surface area contributed by atoms with Gasteiger partial charge in [0.25, 0.3) is 5.89 Å². The Labute approximate surface area is 133 Å². The van der Waals surface area contributed by atoms with Gasteiger partial charge in [0.1, 0.15) is 5.75 Å². The molecule has 0 saturated heterocycles. The summed E-state index contributed by atoms with van der Waals surface area (Å²) in [6.45, 7) is 4.61. The molecular formula is C14H17Cl2N3O2. The van der Waals surface area contributed by atoms with E-state index in [-0.39, 0.29) is 12.5 Å². The Morgan fingerprint density at radius 2 is 2.10 bits per heavy atom. The van der Waals surface area contributed by atoms with Crippen LogP contribution in [0.2, 0.25) is 10.0 Å². The van der Waals surface area contributed by atoms with Crippen molar-refractivity contribution in [2.45, 2.75) is 32.8 Å². The molecule has 0 atom stereocenters. The fourth-order valence-corrected chi connectivity index (χ4v) is 2.40. The molecule has 0 aliphatic rings. The molecule has 0 fully saturated rings. The Bertz CT molecular complexity index is 614. The van der Waals surface area contributed by atoms with E-state index >= 15 is 0 Å². The summed E-state index contributed by atoms with van der Waals surface area (Å²) in [6, 6.07) is 3.43. The molecule has 7 heteroatoms. The van der Waals surface area contributed by atoms with Crippen LogP contribution in [0.4, 0.5) is 0 Å². The van der Waals surface area contributed by atoms with Gasteiger partial charge in [0.15, 0.2) is 12.4 Å². The van der Waals surface area contributed by atoms with Crippen molar-refractivity contribution in [1.29, 1.82) is 0 Å². The highest BCUT2D eigenvalue weighted by molar-refractivity contribution is 6.35. The van der Waals surface area contributed by atoms with Crippen molar-refractivity contribution in [1.82, 2.24) is 10.1 Å². The van der Waals surface area contributed by atoms with Gasteiger partial charge >= 0.3 is 0 Å². The summed E-state index contributed by atoms with van der Waals surface area (Å²) in [4.78, 5) is 4.25. The zero-order chi connectivity index (χ0) is 15.4. The van der Waals surface area contributed by atoms with Crippen molar-refractivity contribution >= 4 is 23.2 Å². The van der Waals surface area contributed by atoms with Crippen LogP contribution in [0, 0.1) is 0 Å². The summed E-state index contributed by atoms with van der Waals surface area (Å²) in [6.07, 6.45) is 0.622. The Hall–Kier alpha value is -1.30. The van der Waals surface area contributed by atoms with Crippen LogP contribution in [0.3, 0.4) is 0 Å². The summed E-state index contributed by atoms with van der Waals surface area (Å²) in [5, 5.41) is 4.87. The highest BCUT2D eigenvalue weighted by Gasteiger charge is 2.14. The van der Waals surface area contributed by atoms with Crippen LogP contribution in [-0.4, -0.2) is 16.7 Å². The first-order valence-corrected chi connectivity index (χ1v) is 7.40. The maximum Gasteiger partial charge on any atom is 0.264 e. The molecule has 1 aromatic carbocycles.